The Labute approximate surface area is 161 Å². The van der Waals surface area contributed by atoms with Gasteiger partial charge in [0.05, 0.1) is 0 Å². The van der Waals surface area contributed by atoms with Crippen LogP contribution in [0, 0.1) is 0 Å². The van der Waals surface area contributed by atoms with E-state index in [-0.39, 0.29) is 0 Å². The first kappa shape index (κ1) is 34.7. The van der Waals surface area contributed by atoms with E-state index in [1.54, 1.807) is 6.08 Å². The second kappa shape index (κ2) is 30.3. The van der Waals surface area contributed by atoms with E-state index in [9.17, 15) is 0 Å². The molecule has 0 radical (unpaired) electrons. The summed E-state index contributed by atoms with van der Waals surface area (Å²) in [6.07, 6.45) is 7.87. The maximum Gasteiger partial charge on any atom is -0.0231 e. The van der Waals surface area contributed by atoms with Crippen molar-refractivity contribution in [1.82, 2.24) is 0 Å². The maximum absolute atomic E-state index is 3.98. The van der Waals surface area contributed by atoms with E-state index in [0.29, 0.717) is 0 Å². The first-order valence-corrected chi connectivity index (χ1v) is 9.66. The van der Waals surface area contributed by atoms with Gasteiger partial charge >= 0.3 is 0 Å². The van der Waals surface area contributed by atoms with Gasteiger partial charge in [-0.3, -0.25) is 0 Å². The second-order valence-corrected chi connectivity index (χ2v) is 5.21. The molecule has 0 atom stereocenters. The van der Waals surface area contributed by atoms with Gasteiger partial charge in [0.25, 0.3) is 0 Å². The van der Waals surface area contributed by atoms with Crippen molar-refractivity contribution in [2.45, 2.75) is 89.0 Å². The summed E-state index contributed by atoms with van der Waals surface area (Å²) >= 11 is 0. The monoisotopic (exact) mass is 348 g/mol. The molecule has 0 fully saturated rings. The Kier molecular flexibility index (Phi) is 42.1. The quantitative estimate of drug-likeness (QED) is 0.342. The molecule has 0 saturated carbocycles. The van der Waals surface area contributed by atoms with Crippen LogP contribution in [-0.4, -0.2) is 0 Å². The van der Waals surface area contributed by atoms with Gasteiger partial charge < -0.3 is 0 Å². The third-order valence-corrected chi connectivity index (χ3v) is 2.27. The first-order valence-electron chi connectivity index (χ1n) is 9.66. The molecule has 0 nitrogen and oxygen atoms in total. The third-order valence-electron chi connectivity index (χ3n) is 2.27. The van der Waals surface area contributed by atoms with E-state index in [1.165, 1.54) is 23.1 Å². The van der Waals surface area contributed by atoms with E-state index in [1.807, 2.05) is 60.6 Å². The minimum Gasteiger partial charge on any atom is -0.100 e. The van der Waals surface area contributed by atoms with E-state index in [0.717, 1.165) is 17.6 Å². The Balaban J connectivity index is -0.000000100. The van der Waals surface area contributed by atoms with Crippen molar-refractivity contribution in [3.8, 4) is 0 Å². The Bertz CT molecular complexity index is 382. The van der Waals surface area contributed by atoms with Gasteiger partial charge in [-0.2, -0.15) is 0 Å². The SMILES string of the molecule is C=C(C)C.C=C/C=C(C=C)/C(C)=C(\CC)C(=C)C.CC.CC.CCC. The van der Waals surface area contributed by atoms with Crippen LogP contribution in [0.1, 0.15) is 89.0 Å². The summed E-state index contributed by atoms with van der Waals surface area (Å²) in [6, 6.07) is 0. The van der Waals surface area contributed by atoms with Gasteiger partial charge in [-0.25, -0.2) is 0 Å². The van der Waals surface area contributed by atoms with Crippen molar-refractivity contribution in [2.75, 3.05) is 0 Å². The fraction of sp³-hybridized carbons (Fsp3) is 0.520. The smallest absolute Gasteiger partial charge is 0.0231 e. The van der Waals surface area contributed by atoms with Crippen LogP contribution in [0.15, 0.2) is 72.4 Å². The van der Waals surface area contributed by atoms with Crippen LogP contribution in [0.3, 0.4) is 0 Å². The minimum atomic E-state index is 1.00. The van der Waals surface area contributed by atoms with Crippen molar-refractivity contribution in [3.63, 3.8) is 0 Å². The molecule has 0 aromatic rings. The van der Waals surface area contributed by atoms with Gasteiger partial charge in [0.1, 0.15) is 0 Å². The van der Waals surface area contributed by atoms with E-state index in [4.69, 9.17) is 0 Å². The molecule has 0 bridgehead atoms. The fourth-order valence-electron chi connectivity index (χ4n) is 1.53. The highest BCUT2D eigenvalue weighted by molar-refractivity contribution is 5.47. The number of rotatable bonds is 5. The molecule has 0 amide bonds. The molecule has 0 aliphatic heterocycles. The van der Waals surface area contributed by atoms with Crippen molar-refractivity contribution in [1.29, 1.82) is 0 Å². The highest BCUT2D eigenvalue weighted by Gasteiger charge is 2.03. The van der Waals surface area contributed by atoms with E-state index < -0.39 is 0 Å². The molecule has 0 unspecified atom stereocenters. The molecular formula is C25H48. The van der Waals surface area contributed by atoms with Gasteiger partial charge in [0.15, 0.2) is 0 Å². The van der Waals surface area contributed by atoms with Gasteiger partial charge in [0, 0.05) is 0 Å². The lowest BCUT2D eigenvalue weighted by Gasteiger charge is -2.10. The molecule has 0 rings (SSSR count). The van der Waals surface area contributed by atoms with Crippen LogP contribution in [0.5, 0.6) is 0 Å². The van der Waals surface area contributed by atoms with E-state index >= 15 is 0 Å². The van der Waals surface area contributed by atoms with Crippen LogP contribution < -0.4 is 0 Å². The highest BCUT2D eigenvalue weighted by Crippen LogP contribution is 2.22. The summed E-state index contributed by atoms with van der Waals surface area (Å²) in [4.78, 5) is 0. The molecule has 0 N–H and O–H groups in total. The molecule has 0 aromatic carbocycles. The van der Waals surface area contributed by atoms with Crippen LogP contribution in [0.4, 0.5) is 0 Å². The standard InChI is InChI=1S/C14H20.C4H8.C3H8.2C2H6/c1-7-10-13(8-2)12(6)14(9-3)11(4)5;1-4(2)3;1-3-2;2*1-2/h7-8,10H,1-2,4,9H2,3,5-6H3;1H2,2-3H3;3H2,1-2H3;2*1-2H3/b13-10+,14-12+;;;;. The zero-order valence-electron chi connectivity index (χ0n) is 19.5. The lowest BCUT2D eigenvalue weighted by molar-refractivity contribution is 1.07. The summed E-state index contributed by atoms with van der Waals surface area (Å²) in [7, 11) is 0. The van der Waals surface area contributed by atoms with Gasteiger partial charge in [-0.05, 0) is 50.8 Å². The molecule has 0 spiro atoms. The van der Waals surface area contributed by atoms with Crippen molar-refractivity contribution in [2.24, 2.45) is 0 Å². The molecular weight excluding hydrogens is 300 g/mol. The lowest BCUT2D eigenvalue weighted by Crippen LogP contribution is -1.91. The second-order valence-electron chi connectivity index (χ2n) is 5.21. The number of hydrogen-bond acceptors (Lipinski definition) is 0. The summed E-state index contributed by atoms with van der Waals surface area (Å²) < 4.78 is 0. The predicted molar refractivity (Wildman–Crippen MR) is 125 cm³/mol. The molecule has 148 valence electrons. The van der Waals surface area contributed by atoms with E-state index in [2.05, 4.69) is 54.0 Å². The normalized spacial score (nSPS) is 9.64. The average Bonchev–Trinajstić information content (AvgIpc) is 2.56. The number of allylic oxidation sites excluding steroid dienone is 8. The van der Waals surface area contributed by atoms with Crippen LogP contribution >= 0.6 is 0 Å². The third kappa shape index (κ3) is 30.8. The van der Waals surface area contributed by atoms with Crippen LogP contribution in [0.2, 0.25) is 0 Å². The van der Waals surface area contributed by atoms with Gasteiger partial charge in [-0.1, -0.05) is 104 Å². The summed E-state index contributed by atoms with van der Waals surface area (Å²) in [6.45, 7) is 37.5. The maximum atomic E-state index is 3.98. The largest absolute Gasteiger partial charge is 0.100 e. The Morgan fingerprint density at radius 2 is 1.12 bits per heavy atom. The zero-order valence-corrected chi connectivity index (χ0v) is 19.5. The minimum absolute atomic E-state index is 1.00. The van der Waals surface area contributed by atoms with Crippen molar-refractivity contribution < 1.29 is 0 Å². The molecule has 0 heteroatoms. The van der Waals surface area contributed by atoms with Gasteiger partial charge in [0.2, 0.25) is 0 Å². The Morgan fingerprint density at radius 3 is 1.28 bits per heavy atom. The summed E-state index contributed by atoms with van der Waals surface area (Å²) in [5.41, 5.74) is 5.97. The van der Waals surface area contributed by atoms with Crippen LogP contribution in [-0.2, 0) is 0 Å². The molecule has 0 aliphatic carbocycles. The lowest BCUT2D eigenvalue weighted by atomic mass is 9.95. The Morgan fingerprint density at radius 1 is 0.800 bits per heavy atom. The molecule has 0 aromatic heterocycles. The zero-order chi connectivity index (χ0) is 21.4. The van der Waals surface area contributed by atoms with Gasteiger partial charge in [-0.15, -0.1) is 6.58 Å². The number of hydrogen-bond donors (Lipinski definition) is 0. The van der Waals surface area contributed by atoms with Crippen LogP contribution in [0.25, 0.3) is 0 Å². The predicted octanol–water partition coefficient (Wildman–Crippen LogP) is 9.64. The summed E-state index contributed by atoms with van der Waals surface area (Å²) in [5, 5.41) is 0. The Hall–Kier alpha value is -1.56. The molecule has 0 heterocycles. The highest BCUT2D eigenvalue weighted by atomic mass is 14.1. The van der Waals surface area contributed by atoms with Crippen molar-refractivity contribution in [3.05, 3.63) is 72.4 Å². The molecule has 25 heavy (non-hydrogen) atoms. The summed E-state index contributed by atoms with van der Waals surface area (Å²) in [5.74, 6) is 0. The molecule has 0 saturated heterocycles. The topological polar surface area (TPSA) is 0 Å². The first-order chi connectivity index (χ1) is 11.7. The fourth-order valence-corrected chi connectivity index (χ4v) is 1.53. The average molecular weight is 349 g/mol. The van der Waals surface area contributed by atoms with Crippen molar-refractivity contribution >= 4 is 0 Å². The molecule has 0 aliphatic rings.